The van der Waals surface area contributed by atoms with Gasteiger partial charge in [0.1, 0.15) is 5.76 Å². The minimum Gasteiger partial charge on any atom is -0.361 e. The molecule has 0 unspecified atom stereocenters. The molecular weight excluding hydrogens is 318 g/mol. The van der Waals surface area contributed by atoms with Crippen LogP contribution in [-0.4, -0.2) is 44.0 Å². The number of nitrogens with zero attached hydrogens (tertiary/aromatic N) is 6. The quantitative estimate of drug-likeness (QED) is 0.719. The van der Waals surface area contributed by atoms with Crippen LogP contribution >= 0.6 is 11.6 Å². The Kier molecular flexibility index (Phi) is 2.65. The van der Waals surface area contributed by atoms with Crippen LogP contribution in [0.25, 0.3) is 17.2 Å². The van der Waals surface area contributed by atoms with E-state index in [4.69, 9.17) is 16.1 Å². The number of aryl methyl sites for hydroxylation is 1. The molecule has 0 aliphatic carbocycles. The fourth-order valence-corrected chi connectivity index (χ4v) is 2.59. The van der Waals surface area contributed by atoms with Gasteiger partial charge in [-0.25, -0.2) is 8.78 Å². The Morgan fingerprint density at radius 3 is 2.68 bits per heavy atom. The van der Waals surface area contributed by atoms with Gasteiger partial charge >= 0.3 is 0 Å². The van der Waals surface area contributed by atoms with E-state index in [-0.39, 0.29) is 18.2 Å². The van der Waals surface area contributed by atoms with Crippen molar-refractivity contribution in [3.8, 4) is 11.5 Å². The summed E-state index contributed by atoms with van der Waals surface area (Å²) in [6.45, 7) is 0.990. The molecule has 0 N–H and O–H groups in total. The molecule has 3 aromatic rings. The number of alkyl halides is 2. The smallest absolute Gasteiger partial charge is 0.282 e. The Morgan fingerprint density at radius 2 is 2.05 bits per heavy atom. The van der Waals surface area contributed by atoms with Gasteiger partial charge in [0.2, 0.25) is 5.82 Å². The lowest BCUT2D eigenvalue weighted by molar-refractivity contribution is -0.0262. The van der Waals surface area contributed by atoms with Gasteiger partial charge in [0.05, 0.1) is 18.8 Å². The zero-order valence-corrected chi connectivity index (χ0v) is 12.1. The van der Waals surface area contributed by atoms with Gasteiger partial charge < -0.3 is 9.42 Å². The number of rotatable bonds is 2. The number of halogens is 3. The van der Waals surface area contributed by atoms with Crippen molar-refractivity contribution in [1.29, 1.82) is 0 Å². The van der Waals surface area contributed by atoms with Gasteiger partial charge in [-0.3, -0.25) is 0 Å². The molecule has 4 rings (SSSR count). The van der Waals surface area contributed by atoms with Crippen LogP contribution in [0.15, 0.2) is 16.7 Å². The van der Waals surface area contributed by atoms with Gasteiger partial charge in [-0.15, -0.1) is 10.2 Å². The number of hydrogen-bond acceptors (Lipinski definition) is 6. The summed E-state index contributed by atoms with van der Waals surface area (Å²) < 4.78 is 32.4. The SMILES string of the molecule is Cc1cc(-c2nnc3cc(N4CC(F)(F)C4)c(Cl)nn23)no1. The van der Waals surface area contributed by atoms with Gasteiger partial charge in [0, 0.05) is 12.1 Å². The largest absolute Gasteiger partial charge is 0.361 e. The molecule has 114 valence electrons. The lowest BCUT2D eigenvalue weighted by Crippen LogP contribution is -2.56. The summed E-state index contributed by atoms with van der Waals surface area (Å²) in [5.74, 6) is -1.70. The maximum absolute atomic E-state index is 13.0. The lowest BCUT2D eigenvalue weighted by atomic mass is 10.1. The van der Waals surface area contributed by atoms with Crippen molar-refractivity contribution < 1.29 is 13.3 Å². The molecule has 0 spiro atoms. The summed E-state index contributed by atoms with van der Waals surface area (Å²) in [6, 6.07) is 3.27. The van der Waals surface area contributed by atoms with Crippen molar-refractivity contribution in [3.05, 3.63) is 23.0 Å². The third kappa shape index (κ3) is 2.00. The molecular formula is C12H9ClF2N6O. The lowest BCUT2D eigenvalue weighted by Gasteiger charge is -2.40. The number of aromatic nitrogens is 5. The van der Waals surface area contributed by atoms with Crippen LogP contribution in [0.1, 0.15) is 5.76 Å². The Hall–Kier alpha value is -2.29. The first-order chi connectivity index (χ1) is 10.4. The molecule has 4 heterocycles. The van der Waals surface area contributed by atoms with Crippen molar-refractivity contribution in [3.63, 3.8) is 0 Å². The first kappa shape index (κ1) is 13.4. The molecule has 3 aromatic heterocycles. The van der Waals surface area contributed by atoms with Crippen LogP contribution in [0.2, 0.25) is 5.15 Å². The topological polar surface area (TPSA) is 72.4 Å². The first-order valence-electron chi connectivity index (χ1n) is 6.41. The fraction of sp³-hybridized carbons (Fsp3) is 0.333. The van der Waals surface area contributed by atoms with E-state index >= 15 is 0 Å². The summed E-state index contributed by atoms with van der Waals surface area (Å²) in [5, 5.41) is 16.1. The second-order valence-corrected chi connectivity index (χ2v) is 5.51. The van der Waals surface area contributed by atoms with E-state index < -0.39 is 5.92 Å². The predicted molar refractivity (Wildman–Crippen MR) is 73.2 cm³/mol. The number of fused-ring (bicyclic) bond motifs is 1. The average molecular weight is 327 g/mol. The molecule has 1 fully saturated rings. The third-order valence-electron chi connectivity index (χ3n) is 3.37. The van der Waals surface area contributed by atoms with Gasteiger partial charge in [-0.05, 0) is 6.92 Å². The van der Waals surface area contributed by atoms with E-state index in [0.29, 0.717) is 28.6 Å². The molecule has 1 aliphatic heterocycles. The van der Waals surface area contributed by atoms with Crippen molar-refractivity contribution >= 4 is 22.9 Å². The molecule has 1 saturated heterocycles. The minimum atomic E-state index is -2.69. The highest BCUT2D eigenvalue weighted by atomic mass is 35.5. The van der Waals surface area contributed by atoms with Crippen molar-refractivity contribution in [2.75, 3.05) is 18.0 Å². The number of anilines is 1. The summed E-state index contributed by atoms with van der Waals surface area (Å²) >= 11 is 6.11. The van der Waals surface area contributed by atoms with Crippen molar-refractivity contribution in [2.24, 2.45) is 0 Å². The monoisotopic (exact) mass is 326 g/mol. The molecule has 0 amide bonds. The molecule has 10 heteroatoms. The van der Waals surface area contributed by atoms with Gasteiger partial charge in [-0.1, -0.05) is 16.8 Å². The molecule has 7 nitrogen and oxygen atoms in total. The second kappa shape index (κ2) is 4.35. The molecule has 0 saturated carbocycles. The van der Waals surface area contributed by atoms with Crippen molar-refractivity contribution in [1.82, 2.24) is 25.0 Å². The van der Waals surface area contributed by atoms with E-state index in [1.807, 2.05) is 0 Å². The maximum atomic E-state index is 13.0. The Balaban J connectivity index is 1.77. The van der Waals surface area contributed by atoms with Gasteiger partial charge in [0.15, 0.2) is 16.5 Å². The van der Waals surface area contributed by atoms with Crippen LogP contribution in [-0.2, 0) is 0 Å². The summed E-state index contributed by atoms with van der Waals surface area (Å²) in [6.07, 6.45) is 0. The van der Waals surface area contributed by atoms with Crippen LogP contribution < -0.4 is 4.90 Å². The summed E-state index contributed by atoms with van der Waals surface area (Å²) in [7, 11) is 0. The third-order valence-corrected chi connectivity index (χ3v) is 3.64. The summed E-state index contributed by atoms with van der Waals surface area (Å²) in [4.78, 5) is 1.45. The van der Waals surface area contributed by atoms with Crippen LogP contribution in [0, 0.1) is 6.92 Å². The molecule has 0 aromatic carbocycles. The maximum Gasteiger partial charge on any atom is 0.282 e. The first-order valence-corrected chi connectivity index (χ1v) is 6.79. The highest BCUT2D eigenvalue weighted by Gasteiger charge is 2.44. The normalized spacial score (nSPS) is 17.0. The number of hydrogen-bond donors (Lipinski definition) is 0. The van der Waals surface area contributed by atoms with Gasteiger partial charge in [0.25, 0.3) is 5.92 Å². The molecule has 22 heavy (non-hydrogen) atoms. The van der Waals surface area contributed by atoms with Crippen molar-refractivity contribution in [2.45, 2.75) is 12.8 Å². The predicted octanol–water partition coefficient (Wildman–Crippen LogP) is 2.20. The molecule has 0 atom stereocenters. The Bertz CT molecular complexity index is 868. The van der Waals surface area contributed by atoms with E-state index in [1.165, 1.54) is 9.42 Å². The highest BCUT2D eigenvalue weighted by Crippen LogP contribution is 2.35. The van der Waals surface area contributed by atoms with Crippen LogP contribution in [0.4, 0.5) is 14.5 Å². The van der Waals surface area contributed by atoms with Gasteiger partial charge in [-0.2, -0.15) is 9.61 Å². The zero-order chi connectivity index (χ0) is 15.5. The highest BCUT2D eigenvalue weighted by molar-refractivity contribution is 6.32. The molecule has 0 bridgehead atoms. The average Bonchev–Trinajstić information content (AvgIpc) is 3.00. The van der Waals surface area contributed by atoms with E-state index in [2.05, 4.69) is 20.5 Å². The van der Waals surface area contributed by atoms with E-state index in [0.717, 1.165) is 0 Å². The molecule has 1 aliphatic rings. The second-order valence-electron chi connectivity index (χ2n) is 5.15. The standard InChI is InChI=1S/C12H9ClF2N6O/c1-6-2-7(19-22-6)11-17-16-9-3-8(10(13)18-21(9)11)20-4-12(14,15)5-20/h2-3H,4-5H2,1H3. The minimum absolute atomic E-state index is 0.101. The summed E-state index contributed by atoms with van der Waals surface area (Å²) in [5.41, 5.74) is 1.28. The Morgan fingerprint density at radius 1 is 1.27 bits per heavy atom. The fourth-order valence-electron chi connectivity index (χ4n) is 2.34. The van der Waals surface area contributed by atoms with Crippen LogP contribution in [0.5, 0.6) is 0 Å². The van der Waals surface area contributed by atoms with Crippen LogP contribution in [0.3, 0.4) is 0 Å². The molecule has 0 radical (unpaired) electrons. The zero-order valence-electron chi connectivity index (χ0n) is 11.3. The van der Waals surface area contributed by atoms with E-state index in [1.54, 1.807) is 19.1 Å². The Labute approximate surface area is 127 Å². The van der Waals surface area contributed by atoms with E-state index in [9.17, 15) is 8.78 Å².